The molecule has 1 aromatic rings. The first-order chi connectivity index (χ1) is 6.97. The molecule has 0 aromatic heterocycles. The fraction of sp³-hybridized carbons (Fsp3) is 0. The van der Waals surface area contributed by atoms with Gasteiger partial charge >= 0.3 is 5.97 Å². The molecule has 0 spiro atoms. The van der Waals surface area contributed by atoms with Gasteiger partial charge in [0.15, 0.2) is 0 Å². The van der Waals surface area contributed by atoms with Crippen LogP contribution in [-0.2, 0) is 0 Å². The predicted molar refractivity (Wildman–Crippen MR) is 52.5 cm³/mol. The smallest absolute Gasteiger partial charge is 0.335 e. The average Bonchev–Trinajstić information content (AvgIpc) is 2.16. The number of aromatic carboxylic acids is 1. The Hall–Kier alpha value is -1.94. The van der Waals surface area contributed by atoms with Gasteiger partial charge in [0.1, 0.15) is 11.6 Å². The summed E-state index contributed by atoms with van der Waals surface area (Å²) in [6, 6.07) is 3.63. The maximum absolute atomic E-state index is 10.6. The second-order valence-corrected chi connectivity index (χ2v) is 3.38. The second-order valence-electron chi connectivity index (χ2n) is 2.53. The number of benzene rings is 1. The standard InChI is InChI=1S/C8H3BrN2O4/c9-6-1-4(8(12)13)2-7(11(14)15)5(6)3-10/h1-2H,(H,12,13). The van der Waals surface area contributed by atoms with Gasteiger partial charge in [-0.15, -0.1) is 0 Å². The summed E-state index contributed by atoms with van der Waals surface area (Å²) in [5.41, 5.74) is -0.957. The third-order valence-electron chi connectivity index (χ3n) is 1.62. The molecular formula is C8H3BrN2O4. The van der Waals surface area contributed by atoms with Crippen LogP contribution in [0.15, 0.2) is 16.6 Å². The van der Waals surface area contributed by atoms with E-state index in [2.05, 4.69) is 15.9 Å². The first kappa shape index (κ1) is 11.1. The molecule has 0 fully saturated rings. The number of rotatable bonds is 2. The fourth-order valence-electron chi connectivity index (χ4n) is 0.970. The van der Waals surface area contributed by atoms with Gasteiger partial charge in [0.25, 0.3) is 5.69 Å². The highest BCUT2D eigenvalue weighted by Gasteiger charge is 2.20. The maximum atomic E-state index is 10.6. The topological polar surface area (TPSA) is 104 Å². The van der Waals surface area contributed by atoms with E-state index in [1.54, 1.807) is 6.07 Å². The molecule has 1 aromatic carbocycles. The minimum Gasteiger partial charge on any atom is -0.478 e. The van der Waals surface area contributed by atoms with Crippen molar-refractivity contribution in [3.05, 3.63) is 37.8 Å². The number of carboxylic acids is 1. The van der Waals surface area contributed by atoms with Crippen LogP contribution in [0.2, 0.25) is 0 Å². The third kappa shape index (κ3) is 2.11. The molecule has 0 atom stereocenters. The summed E-state index contributed by atoms with van der Waals surface area (Å²) in [5.74, 6) is -1.29. The number of halogens is 1. The molecule has 0 aliphatic carbocycles. The van der Waals surface area contributed by atoms with Crippen molar-refractivity contribution >= 4 is 27.6 Å². The Bertz CT molecular complexity index is 492. The lowest BCUT2D eigenvalue weighted by molar-refractivity contribution is -0.385. The van der Waals surface area contributed by atoms with Crippen molar-refractivity contribution < 1.29 is 14.8 Å². The van der Waals surface area contributed by atoms with Gasteiger partial charge in [-0.2, -0.15) is 5.26 Å². The summed E-state index contributed by atoms with van der Waals surface area (Å²) in [6.45, 7) is 0. The van der Waals surface area contributed by atoms with E-state index in [1.807, 2.05) is 0 Å². The lowest BCUT2D eigenvalue weighted by Crippen LogP contribution is -2.01. The molecule has 0 saturated heterocycles. The Morgan fingerprint density at radius 3 is 2.60 bits per heavy atom. The van der Waals surface area contributed by atoms with Crippen molar-refractivity contribution in [2.24, 2.45) is 0 Å². The van der Waals surface area contributed by atoms with E-state index in [9.17, 15) is 14.9 Å². The quantitative estimate of drug-likeness (QED) is 0.653. The molecule has 0 aliphatic rings. The zero-order chi connectivity index (χ0) is 11.6. The summed E-state index contributed by atoms with van der Waals surface area (Å²) < 4.78 is 0.0941. The summed E-state index contributed by atoms with van der Waals surface area (Å²) in [7, 11) is 0. The van der Waals surface area contributed by atoms with Crippen LogP contribution < -0.4 is 0 Å². The summed E-state index contributed by atoms with van der Waals surface area (Å²) >= 11 is 2.90. The highest BCUT2D eigenvalue weighted by molar-refractivity contribution is 9.10. The number of nitro groups is 1. The van der Waals surface area contributed by atoms with E-state index < -0.39 is 16.6 Å². The van der Waals surface area contributed by atoms with Crippen molar-refractivity contribution in [1.29, 1.82) is 5.26 Å². The van der Waals surface area contributed by atoms with Crippen LogP contribution in [0.5, 0.6) is 0 Å². The molecule has 0 bridgehead atoms. The van der Waals surface area contributed by atoms with Gasteiger partial charge in [0, 0.05) is 10.5 Å². The second kappa shape index (κ2) is 4.06. The van der Waals surface area contributed by atoms with Gasteiger partial charge in [0.05, 0.1) is 10.5 Å². The number of carboxylic acid groups (broad SMARTS) is 1. The van der Waals surface area contributed by atoms with Crippen molar-refractivity contribution in [1.82, 2.24) is 0 Å². The largest absolute Gasteiger partial charge is 0.478 e. The zero-order valence-electron chi connectivity index (χ0n) is 7.10. The third-order valence-corrected chi connectivity index (χ3v) is 2.25. The Morgan fingerprint density at radius 2 is 2.20 bits per heavy atom. The van der Waals surface area contributed by atoms with E-state index >= 15 is 0 Å². The minimum absolute atomic E-state index is 0.0941. The number of carbonyl (C=O) groups is 1. The Kier molecular flexibility index (Phi) is 3.01. The monoisotopic (exact) mass is 270 g/mol. The molecule has 0 saturated carbocycles. The van der Waals surface area contributed by atoms with Crippen LogP contribution >= 0.6 is 15.9 Å². The van der Waals surface area contributed by atoms with E-state index in [1.165, 1.54) is 0 Å². The van der Waals surface area contributed by atoms with Crippen LogP contribution in [0, 0.1) is 21.4 Å². The summed E-state index contributed by atoms with van der Waals surface area (Å²) in [5, 5.41) is 27.8. The van der Waals surface area contributed by atoms with E-state index in [0.29, 0.717) is 0 Å². The van der Waals surface area contributed by atoms with Gasteiger partial charge in [0.2, 0.25) is 0 Å². The number of hydrogen-bond donors (Lipinski definition) is 1. The molecule has 7 heteroatoms. The molecule has 0 aliphatic heterocycles. The van der Waals surface area contributed by atoms with Crippen LogP contribution in [0.1, 0.15) is 15.9 Å². The Morgan fingerprint density at radius 1 is 1.60 bits per heavy atom. The number of nitro benzene ring substituents is 1. The van der Waals surface area contributed by atoms with E-state index in [-0.39, 0.29) is 15.6 Å². The highest BCUT2D eigenvalue weighted by atomic mass is 79.9. The van der Waals surface area contributed by atoms with Gasteiger partial charge in [-0.25, -0.2) is 4.79 Å². The van der Waals surface area contributed by atoms with Crippen LogP contribution in [0.3, 0.4) is 0 Å². The molecular weight excluding hydrogens is 268 g/mol. The summed E-state index contributed by atoms with van der Waals surface area (Å²) in [4.78, 5) is 20.4. The molecule has 0 radical (unpaired) electrons. The van der Waals surface area contributed by atoms with Crippen molar-refractivity contribution in [3.63, 3.8) is 0 Å². The maximum Gasteiger partial charge on any atom is 0.335 e. The number of nitrogens with zero attached hydrogens (tertiary/aromatic N) is 2. The fourth-order valence-corrected chi connectivity index (χ4v) is 1.51. The number of hydrogen-bond acceptors (Lipinski definition) is 4. The number of nitriles is 1. The van der Waals surface area contributed by atoms with Gasteiger partial charge in [-0.1, -0.05) is 0 Å². The van der Waals surface area contributed by atoms with Crippen molar-refractivity contribution in [2.45, 2.75) is 0 Å². The molecule has 0 amide bonds. The highest BCUT2D eigenvalue weighted by Crippen LogP contribution is 2.27. The van der Waals surface area contributed by atoms with Gasteiger partial charge in [-0.3, -0.25) is 10.1 Å². The van der Waals surface area contributed by atoms with Gasteiger partial charge < -0.3 is 5.11 Å². The average molecular weight is 271 g/mol. The van der Waals surface area contributed by atoms with Crippen molar-refractivity contribution in [3.8, 4) is 6.07 Å². The van der Waals surface area contributed by atoms with Crippen LogP contribution in [-0.4, -0.2) is 16.0 Å². The molecule has 1 N–H and O–H groups in total. The molecule has 0 unspecified atom stereocenters. The first-order valence-corrected chi connectivity index (χ1v) is 4.38. The van der Waals surface area contributed by atoms with Crippen LogP contribution in [0.4, 0.5) is 5.69 Å². The first-order valence-electron chi connectivity index (χ1n) is 3.58. The van der Waals surface area contributed by atoms with Crippen LogP contribution in [0.25, 0.3) is 0 Å². The summed E-state index contributed by atoms with van der Waals surface area (Å²) in [6.07, 6.45) is 0. The van der Waals surface area contributed by atoms with Crippen molar-refractivity contribution in [2.75, 3.05) is 0 Å². The molecule has 6 nitrogen and oxygen atoms in total. The molecule has 1 rings (SSSR count). The van der Waals surface area contributed by atoms with E-state index in [0.717, 1.165) is 12.1 Å². The molecule has 0 heterocycles. The lowest BCUT2D eigenvalue weighted by Gasteiger charge is -2.00. The Balaban J connectivity index is 3.54. The van der Waals surface area contributed by atoms with E-state index in [4.69, 9.17) is 10.4 Å². The molecule has 15 heavy (non-hydrogen) atoms. The SMILES string of the molecule is N#Cc1c(Br)cc(C(=O)O)cc1[N+](=O)[O-]. The molecule has 76 valence electrons. The van der Waals surface area contributed by atoms with Gasteiger partial charge in [-0.05, 0) is 22.0 Å². The lowest BCUT2D eigenvalue weighted by atomic mass is 10.1. The predicted octanol–water partition coefficient (Wildman–Crippen LogP) is 1.93. The minimum atomic E-state index is -1.29. The normalized spacial score (nSPS) is 9.33. The zero-order valence-corrected chi connectivity index (χ0v) is 8.69. The Labute approximate surface area is 92.0 Å².